The zero-order chi connectivity index (χ0) is 22.9. The molecule has 0 radical (unpaired) electrons. The van der Waals surface area contributed by atoms with Crippen LogP contribution in [0.3, 0.4) is 0 Å². The van der Waals surface area contributed by atoms with Crippen LogP contribution in [0, 0.1) is 26.2 Å². The molecule has 0 spiro atoms. The molecule has 1 amide bonds. The van der Waals surface area contributed by atoms with Gasteiger partial charge in [0.1, 0.15) is 5.75 Å². The summed E-state index contributed by atoms with van der Waals surface area (Å²) >= 11 is 0. The minimum absolute atomic E-state index is 0.00271. The SMILES string of the molecule is Cc1c(C)c2c(c(C)c1NC(=O)CC(C)(C)C)C(c1cccc(/C=C/C(=O)[O-])c1)CO2. The van der Waals surface area contributed by atoms with Crippen LogP contribution in [0.5, 0.6) is 5.75 Å². The fourth-order valence-electron chi connectivity index (χ4n) is 4.16. The van der Waals surface area contributed by atoms with Gasteiger partial charge in [0.05, 0.1) is 12.6 Å². The van der Waals surface area contributed by atoms with E-state index >= 15 is 0 Å². The summed E-state index contributed by atoms with van der Waals surface area (Å²) in [6.45, 7) is 12.7. The first-order chi connectivity index (χ1) is 14.5. The van der Waals surface area contributed by atoms with Crippen LogP contribution in [0.1, 0.15) is 66.5 Å². The molecule has 0 saturated heterocycles. The van der Waals surface area contributed by atoms with Crippen molar-refractivity contribution < 1.29 is 19.4 Å². The molecule has 0 aromatic heterocycles. The molecule has 2 aromatic rings. The molecule has 1 heterocycles. The number of carboxylic acid groups (broad SMARTS) is 1. The van der Waals surface area contributed by atoms with Gasteiger partial charge in [-0.15, -0.1) is 0 Å². The maximum atomic E-state index is 12.7. The number of fused-ring (bicyclic) bond motifs is 1. The van der Waals surface area contributed by atoms with Gasteiger partial charge in [0.2, 0.25) is 5.91 Å². The van der Waals surface area contributed by atoms with Crippen molar-refractivity contribution >= 4 is 23.6 Å². The van der Waals surface area contributed by atoms with Gasteiger partial charge in [-0.1, -0.05) is 51.1 Å². The normalized spacial score (nSPS) is 15.6. The van der Waals surface area contributed by atoms with E-state index in [2.05, 4.69) is 5.32 Å². The zero-order valence-corrected chi connectivity index (χ0v) is 19.1. The minimum Gasteiger partial charge on any atom is -0.545 e. The predicted molar refractivity (Wildman–Crippen MR) is 121 cm³/mol. The molecule has 5 nitrogen and oxygen atoms in total. The summed E-state index contributed by atoms with van der Waals surface area (Å²) in [5, 5.41) is 13.9. The summed E-state index contributed by atoms with van der Waals surface area (Å²) in [5.41, 5.74) is 6.73. The van der Waals surface area contributed by atoms with Crippen LogP contribution in [0.4, 0.5) is 5.69 Å². The summed E-state index contributed by atoms with van der Waals surface area (Å²) in [5.74, 6) is -0.339. The molecule has 2 aromatic carbocycles. The Morgan fingerprint density at radius 2 is 1.87 bits per heavy atom. The largest absolute Gasteiger partial charge is 0.545 e. The first kappa shape index (κ1) is 22.6. The van der Waals surface area contributed by atoms with Gasteiger partial charge in [-0.05, 0) is 60.1 Å². The summed E-state index contributed by atoms with van der Waals surface area (Å²) in [4.78, 5) is 23.4. The third-order valence-electron chi connectivity index (χ3n) is 5.72. The van der Waals surface area contributed by atoms with Crippen LogP contribution < -0.4 is 15.2 Å². The van der Waals surface area contributed by atoms with Gasteiger partial charge < -0.3 is 20.0 Å². The van der Waals surface area contributed by atoms with Gasteiger partial charge in [-0.25, -0.2) is 0 Å². The number of anilines is 1. The number of hydrogen-bond donors (Lipinski definition) is 1. The number of carbonyl (C=O) groups is 2. The molecule has 1 unspecified atom stereocenters. The molecule has 0 bridgehead atoms. The minimum atomic E-state index is -1.22. The lowest BCUT2D eigenvalue weighted by molar-refractivity contribution is -0.297. The van der Waals surface area contributed by atoms with Gasteiger partial charge in [-0.3, -0.25) is 4.79 Å². The number of nitrogens with one attached hydrogen (secondary N) is 1. The van der Waals surface area contributed by atoms with Crippen LogP contribution in [-0.4, -0.2) is 18.5 Å². The third-order valence-corrected chi connectivity index (χ3v) is 5.72. The molecule has 31 heavy (non-hydrogen) atoms. The second-order valence-electron chi connectivity index (χ2n) is 9.46. The Labute approximate surface area is 184 Å². The number of aliphatic carboxylic acids is 1. The van der Waals surface area contributed by atoms with Crippen molar-refractivity contribution in [2.45, 2.75) is 53.9 Å². The van der Waals surface area contributed by atoms with E-state index in [0.29, 0.717) is 13.0 Å². The van der Waals surface area contributed by atoms with E-state index < -0.39 is 5.97 Å². The number of carboxylic acids is 1. The van der Waals surface area contributed by atoms with Crippen molar-refractivity contribution in [3.63, 3.8) is 0 Å². The fourth-order valence-corrected chi connectivity index (χ4v) is 4.16. The number of rotatable bonds is 5. The highest BCUT2D eigenvalue weighted by atomic mass is 16.5. The molecular formula is C26H30NO4-. The van der Waals surface area contributed by atoms with Crippen molar-refractivity contribution in [1.82, 2.24) is 0 Å². The number of amides is 1. The first-order valence-electron chi connectivity index (χ1n) is 10.5. The lowest BCUT2D eigenvalue weighted by atomic mass is 9.85. The monoisotopic (exact) mass is 420 g/mol. The Balaban J connectivity index is 2.02. The zero-order valence-electron chi connectivity index (χ0n) is 19.1. The highest BCUT2D eigenvalue weighted by Gasteiger charge is 2.32. The van der Waals surface area contributed by atoms with E-state index in [1.54, 1.807) is 0 Å². The molecule has 0 fully saturated rings. The summed E-state index contributed by atoms with van der Waals surface area (Å²) in [6.07, 6.45) is 3.00. The van der Waals surface area contributed by atoms with Crippen LogP contribution >= 0.6 is 0 Å². The van der Waals surface area contributed by atoms with E-state index in [1.165, 1.54) is 6.08 Å². The highest BCUT2D eigenvalue weighted by molar-refractivity contribution is 5.93. The van der Waals surface area contributed by atoms with Gasteiger partial charge in [0.15, 0.2) is 0 Å². The average molecular weight is 421 g/mol. The predicted octanol–water partition coefficient (Wildman–Crippen LogP) is 4.27. The van der Waals surface area contributed by atoms with Crippen LogP contribution in [0.2, 0.25) is 0 Å². The molecule has 0 aliphatic carbocycles. The molecule has 1 aliphatic rings. The lowest BCUT2D eigenvalue weighted by Crippen LogP contribution is -2.21. The van der Waals surface area contributed by atoms with Crippen molar-refractivity contribution in [2.24, 2.45) is 5.41 Å². The quantitative estimate of drug-likeness (QED) is 0.733. The second kappa shape index (κ2) is 8.58. The summed E-state index contributed by atoms with van der Waals surface area (Å²) in [6, 6.07) is 7.75. The smallest absolute Gasteiger partial charge is 0.224 e. The highest BCUT2D eigenvalue weighted by Crippen LogP contribution is 2.47. The Morgan fingerprint density at radius 1 is 1.16 bits per heavy atom. The molecule has 3 rings (SSSR count). The second-order valence-corrected chi connectivity index (χ2v) is 9.46. The Morgan fingerprint density at radius 3 is 2.52 bits per heavy atom. The van der Waals surface area contributed by atoms with Crippen LogP contribution in [-0.2, 0) is 9.59 Å². The molecule has 1 atom stereocenters. The summed E-state index contributed by atoms with van der Waals surface area (Å²) < 4.78 is 6.10. The van der Waals surface area contributed by atoms with Crippen molar-refractivity contribution in [3.8, 4) is 5.75 Å². The first-order valence-corrected chi connectivity index (χ1v) is 10.5. The van der Waals surface area contributed by atoms with Crippen LogP contribution in [0.15, 0.2) is 30.3 Å². The molecule has 0 saturated carbocycles. The van der Waals surface area contributed by atoms with Gasteiger partial charge >= 0.3 is 0 Å². The topological polar surface area (TPSA) is 78.5 Å². The van der Waals surface area contributed by atoms with Crippen LogP contribution in [0.25, 0.3) is 6.08 Å². The molecule has 5 heteroatoms. The maximum absolute atomic E-state index is 12.7. The van der Waals surface area contributed by atoms with E-state index in [9.17, 15) is 14.7 Å². The van der Waals surface area contributed by atoms with Gasteiger partial charge in [-0.2, -0.15) is 0 Å². The van der Waals surface area contributed by atoms with E-state index in [4.69, 9.17) is 4.74 Å². The van der Waals surface area contributed by atoms with Crippen molar-refractivity contribution in [1.29, 1.82) is 0 Å². The standard InChI is InChI=1S/C26H31NO4/c1-15-16(2)25-23(17(3)24(15)27-21(28)13-26(4,5)6)20(14-31-25)19-9-7-8-18(12-19)10-11-22(29)30/h7-12,20H,13-14H2,1-6H3,(H,27,28)(H,29,30)/p-1/b11-10+. The molecular weight excluding hydrogens is 390 g/mol. The Kier molecular flexibility index (Phi) is 6.25. The molecule has 164 valence electrons. The van der Waals surface area contributed by atoms with E-state index in [0.717, 1.165) is 50.9 Å². The van der Waals surface area contributed by atoms with E-state index in [1.807, 2.05) is 65.8 Å². The van der Waals surface area contributed by atoms with Gasteiger partial charge in [0.25, 0.3) is 0 Å². The molecule has 1 N–H and O–H groups in total. The average Bonchev–Trinajstić information content (AvgIpc) is 3.12. The maximum Gasteiger partial charge on any atom is 0.224 e. The van der Waals surface area contributed by atoms with Crippen molar-refractivity contribution in [2.75, 3.05) is 11.9 Å². The lowest BCUT2D eigenvalue weighted by Gasteiger charge is -2.22. The Hall–Kier alpha value is -3.08. The summed E-state index contributed by atoms with van der Waals surface area (Å²) in [7, 11) is 0. The van der Waals surface area contributed by atoms with Crippen molar-refractivity contribution in [3.05, 3.63) is 63.7 Å². The van der Waals surface area contributed by atoms with Gasteiger partial charge in [0, 0.05) is 23.6 Å². The number of benzene rings is 2. The number of carbonyl (C=O) groups excluding carboxylic acids is 2. The Bertz CT molecular complexity index is 1060. The third kappa shape index (κ3) is 4.98. The fraction of sp³-hybridized carbons (Fsp3) is 0.385. The number of hydrogen-bond acceptors (Lipinski definition) is 4. The number of ether oxygens (including phenoxy) is 1. The van der Waals surface area contributed by atoms with E-state index in [-0.39, 0.29) is 17.2 Å². The molecule has 1 aliphatic heterocycles.